The van der Waals surface area contributed by atoms with Crippen LogP contribution < -0.4 is 10.1 Å². The van der Waals surface area contributed by atoms with E-state index in [1.54, 1.807) is 7.11 Å². The van der Waals surface area contributed by atoms with Crippen LogP contribution in [0.3, 0.4) is 0 Å². The number of benzene rings is 2. The van der Waals surface area contributed by atoms with Gasteiger partial charge in [-0.3, -0.25) is 9.59 Å². The summed E-state index contributed by atoms with van der Waals surface area (Å²) in [5.74, 6) is 1.45. The Morgan fingerprint density at radius 2 is 1.81 bits per heavy atom. The van der Waals surface area contributed by atoms with Crippen LogP contribution in [0, 0.1) is 0 Å². The standard InChI is InChI=1S/C24H28N4O3/c1-17(25-22(29)15-18-9-11-19(31-2)12-10-18)24-26-20-7-3-4-8-21(20)28(24)16-23(30)27-13-5-6-14-27/h3-4,7-12,17H,5-6,13-16H2,1-2H3,(H,25,29). The molecule has 1 unspecified atom stereocenters. The smallest absolute Gasteiger partial charge is 0.242 e. The zero-order valence-corrected chi connectivity index (χ0v) is 18.0. The molecule has 7 heteroatoms. The van der Waals surface area contributed by atoms with Gasteiger partial charge in [0, 0.05) is 13.1 Å². The molecular formula is C24H28N4O3. The average molecular weight is 421 g/mol. The van der Waals surface area contributed by atoms with Crippen LogP contribution in [0.25, 0.3) is 11.0 Å². The Morgan fingerprint density at radius 3 is 2.52 bits per heavy atom. The van der Waals surface area contributed by atoms with Gasteiger partial charge in [-0.1, -0.05) is 24.3 Å². The zero-order chi connectivity index (χ0) is 21.8. The van der Waals surface area contributed by atoms with Gasteiger partial charge in [-0.05, 0) is 49.6 Å². The highest BCUT2D eigenvalue weighted by Gasteiger charge is 2.23. The third kappa shape index (κ3) is 4.71. The molecule has 1 saturated heterocycles. The van der Waals surface area contributed by atoms with E-state index in [-0.39, 0.29) is 30.8 Å². The number of para-hydroxylation sites is 2. The quantitative estimate of drug-likeness (QED) is 0.637. The van der Waals surface area contributed by atoms with Crippen LogP contribution in [-0.4, -0.2) is 46.5 Å². The molecule has 2 amide bonds. The Kier molecular flexibility index (Phi) is 6.21. The topological polar surface area (TPSA) is 76.5 Å². The van der Waals surface area contributed by atoms with E-state index in [2.05, 4.69) is 5.32 Å². The first kappa shape index (κ1) is 20.9. The van der Waals surface area contributed by atoms with Gasteiger partial charge in [-0.25, -0.2) is 4.98 Å². The number of carbonyl (C=O) groups excluding carboxylic acids is 2. The molecule has 162 valence electrons. The maximum absolute atomic E-state index is 12.8. The normalized spacial score (nSPS) is 14.6. The number of carbonyl (C=O) groups is 2. The second kappa shape index (κ2) is 9.20. The first-order valence-electron chi connectivity index (χ1n) is 10.7. The molecule has 1 atom stereocenters. The van der Waals surface area contributed by atoms with Crippen LogP contribution in [0.1, 0.15) is 37.2 Å². The summed E-state index contributed by atoms with van der Waals surface area (Å²) in [7, 11) is 1.62. The number of amides is 2. The van der Waals surface area contributed by atoms with Crippen LogP contribution in [-0.2, 0) is 22.6 Å². The largest absolute Gasteiger partial charge is 0.497 e. The average Bonchev–Trinajstić information content (AvgIpc) is 3.43. The van der Waals surface area contributed by atoms with E-state index in [4.69, 9.17) is 9.72 Å². The third-order valence-electron chi connectivity index (χ3n) is 5.72. The minimum atomic E-state index is -0.329. The van der Waals surface area contributed by atoms with Gasteiger partial charge < -0.3 is 19.5 Å². The molecule has 0 saturated carbocycles. The van der Waals surface area contributed by atoms with Crippen LogP contribution in [0.4, 0.5) is 0 Å². The van der Waals surface area contributed by atoms with Crippen molar-refractivity contribution in [3.63, 3.8) is 0 Å². The number of rotatable bonds is 7. The Bertz CT molecular complexity index is 1070. The molecule has 0 spiro atoms. The minimum Gasteiger partial charge on any atom is -0.497 e. The zero-order valence-electron chi connectivity index (χ0n) is 18.0. The first-order valence-corrected chi connectivity index (χ1v) is 10.7. The molecule has 1 fully saturated rings. The molecule has 2 heterocycles. The van der Waals surface area contributed by atoms with Gasteiger partial charge in [0.2, 0.25) is 11.8 Å². The van der Waals surface area contributed by atoms with E-state index in [1.165, 1.54) is 0 Å². The summed E-state index contributed by atoms with van der Waals surface area (Å²) >= 11 is 0. The predicted octanol–water partition coefficient (Wildman–Crippen LogP) is 3.09. The van der Waals surface area contributed by atoms with Gasteiger partial charge in [0.05, 0.1) is 30.6 Å². The Hall–Kier alpha value is -3.35. The maximum atomic E-state index is 12.8. The van der Waals surface area contributed by atoms with Crippen LogP contribution in [0.5, 0.6) is 5.75 Å². The fraction of sp³-hybridized carbons (Fsp3) is 0.375. The molecule has 7 nitrogen and oxygen atoms in total. The van der Waals surface area contributed by atoms with E-state index in [0.717, 1.165) is 48.3 Å². The Morgan fingerprint density at radius 1 is 1.10 bits per heavy atom. The molecule has 2 aromatic carbocycles. The first-order chi connectivity index (χ1) is 15.0. The van der Waals surface area contributed by atoms with Crippen molar-refractivity contribution >= 4 is 22.8 Å². The van der Waals surface area contributed by atoms with Crippen molar-refractivity contribution in [1.82, 2.24) is 19.8 Å². The van der Waals surface area contributed by atoms with Crippen LogP contribution in [0.15, 0.2) is 48.5 Å². The van der Waals surface area contributed by atoms with Gasteiger partial charge >= 0.3 is 0 Å². The Balaban J connectivity index is 1.51. The van der Waals surface area contributed by atoms with Gasteiger partial charge in [0.25, 0.3) is 0 Å². The Labute approximate surface area is 182 Å². The summed E-state index contributed by atoms with van der Waals surface area (Å²) in [5, 5.41) is 3.04. The lowest BCUT2D eigenvalue weighted by Gasteiger charge is -2.19. The van der Waals surface area contributed by atoms with E-state index in [1.807, 2.05) is 64.9 Å². The molecule has 1 aliphatic rings. The second-order valence-electron chi connectivity index (χ2n) is 7.95. The SMILES string of the molecule is COc1ccc(CC(=O)NC(C)c2nc3ccccc3n2CC(=O)N2CCCC2)cc1. The number of ether oxygens (including phenoxy) is 1. The summed E-state index contributed by atoms with van der Waals surface area (Å²) in [5.41, 5.74) is 2.63. The van der Waals surface area contributed by atoms with Crippen LogP contribution in [0.2, 0.25) is 0 Å². The summed E-state index contributed by atoms with van der Waals surface area (Å²) in [6, 6.07) is 14.9. The number of methoxy groups -OCH3 is 1. The fourth-order valence-corrected chi connectivity index (χ4v) is 4.08. The molecule has 4 rings (SSSR count). The molecule has 31 heavy (non-hydrogen) atoms. The van der Waals surface area contributed by atoms with Crippen molar-refractivity contribution in [2.45, 2.75) is 38.8 Å². The summed E-state index contributed by atoms with van der Waals surface area (Å²) < 4.78 is 7.10. The summed E-state index contributed by atoms with van der Waals surface area (Å²) in [6.45, 7) is 3.77. The number of aromatic nitrogens is 2. The highest BCUT2D eigenvalue weighted by atomic mass is 16.5. The van der Waals surface area contributed by atoms with Gasteiger partial charge in [-0.2, -0.15) is 0 Å². The lowest BCUT2D eigenvalue weighted by atomic mass is 10.1. The van der Waals surface area contributed by atoms with Gasteiger partial charge in [0.1, 0.15) is 18.1 Å². The summed E-state index contributed by atoms with van der Waals surface area (Å²) in [4.78, 5) is 32.1. The van der Waals surface area contributed by atoms with Gasteiger partial charge in [-0.15, -0.1) is 0 Å². The predicted molar refractivity (Wildman–Crippen MR) is 119 cm³/mol. The number of imidazole rings is 1. The highest BCUT2D eigenvalue weighted by molar-refractivity contribution is 5.82. The van der Waals surface area contributed by atoms with Crippen molar-refractivity contribution in [3.05, 3.63) is 59.9 Å². The lowest BCUT2D eigenvalue weighted by molar-refractivity contribution is -0.130. The fourth-order valence-electron chi connectivity index (χ4n) is 4.08. The molecule has 3 aromatic rings. The van der Waals surface area contributed by atoms with E-state index < -0.39 is 0 Å². The van der Waals surface area contributed by atoms with Crippen molar-refractivity contribution in [3.8, 4) is 5.75 Å². The van der Waals surface area contributed by atoms with Crippen molar-refractivity contribution in [1.29, 1.82) is 0 Å². The van der Waals surface area contributed by atoms with Crippen molar-refractivity contribution in [2.75, 3.05) is 20.2 Å². The van der Waals surface area contributed by atoms with E-state index in [9.17, 15) is 9.59 Å². The van der Waals surface area contributed by atoms with Gasteiger partial charge in [0.15, 0.2) is 0 Å². The molecule has 1 aliphatic heterocycles. The van der Waals surface area contributed by atoms with Crippen molar-refractivity contribution < 1.29 is 14.3 Å². The molecule has 1 N–H and O–H groups in total. The third-order valence-corrected chi connectivity index (χ3v) is 5.72. The number of nitrogens with zero attached hydrogens (tertiary/aromatic N) is 3. The molecule has 1 aromatic heterocycles. The number of hydrogen-bond acceptors (Lipinski definition) is 4. The van der Waals surface area contributed by atoms with E-state index in [0.29, 0.717) is 5.82 Å². The number of hydrogen-bond donors (Lipinski definition) is 1. The van der Waals surface area contributed by atoms with Crippen molar-refractivity contribution in [2.24, 2.45) is 0 Å². The second-order valence-corrected chi connectivity index (χ2v) is 7.95. The highest BCUT2D eigenvalue weighted by Crippen LogP contribution is 2.22. The lowest BCUT2D eigenvalue weighted by Crippen LogP contribution is -2.34. The number of fused-ring (bicyclic) bond motifs is 1. The monoisotopic (exact) mass is 420 g/mol. The summed E-state index contributed by atoms with van der Waals surface area (Å²) in [6.07, 6.45) is 2.38. The van der Waals surface area contributed by atoms with E-state index >= 15 is 0 Å². The maximum Gasteiger partial charge on any atom is 0.242 e. The molecule has 0 radical (unpaired) electrons. The number of nitrogens with one attached hydrogen (secondary N) is 1. The molecule has 0 aliphatic carbocycles. The number of likely N-dealkylation sites (tertiary alicyclic amines) is 1. The molecule has 0 bridgehead atoms. The van der Waals surface area contributed by atoms with Crippen LogP contribution >= 0.6 is 0 Å². The minimum absolute atomic E-state index is 0.0952. The molecular weight excluding hydrogens is 392 g/mol.